The van der Waals surface area contributed by atoms with Crippen LogP contribution in [0.4, 0.5) is 0 Å². The van der Waals surface area contributed by atoms with E-state index in [-0.39, 0.29) is 18.1 Å². The molecule has 6 heteroatoms. The number of carbonyl (C=O) groups is 1. The molecule has 1 aliphatic heterocycles. The Kier molecular flexibility index (Phi) is 5.21. The van der Waals surface area contributed by atoms with Crippen molar-refractivity contribution in [1.29, 1.82) is 0 Å². The molecule has 1 aliphatic rings. The summed E-state index contributed by atoms with van der Waals surface area (Å²) < 4.78 is 5.94. The van der Waals surface area contributed by atoms with Crippen molar-refractivity contribution in [2.24, 2.45) is 0 Å². The number of piperazine rings is 1. The van der Waals surface area contributed by atoms with E-state index in [4.69, 9.17) is 16.3 Å². The lowest BCUT2D eigenvalue weighted by atomic mass is 10.1. The van der Waals surface area contributed by atoms with Gasteiger partial charge in [0.2, 0.25) is 0 Å². The maximum atomic E-state index is 12.0. The van der Waals surface area contributed by atoms with Gasteiger partial charge in [-0.15, -0.1) is 11.3 Å². The molecule has 0 aliphatic carbocycles. The molecule has 4 nitrogen and oxygen atoms in total. The van der Waals surface area contributed by atoms with Crippen molar-refractivity contribution >= 4 is 28.9 Å². The summed E-state index contributed by atoms with van der Waals surface area (Å²) in [6.07, 6.45) is 0. The summed E-state index contributed by atoms with van der Waals surface area (Å²) >= 11 is 7.56. The van der Waals surface area contributed by atoms with Gasteiger partial charge < -0.3 is 10.1 Å². The molecule has 1 fully saturated rings. The summed E-state index contributed by atoms with van der Waals surface area (Å²) in [5.41, 5.74) is 0. The van der Waals surface area contributed by atoms with E-state index < -0.39 is 0 Å². The van der Waals surface area contributed by atoms with Crippen molar-refractivity contribution in [3.63, 3.8) is 0 Å². The zero-order valence-electron chi connectivity index (χ0n) is 11.2. The van der Waals surface area contributed by atoms with E-state index in [2.05, 4.69) is 17.1 Å². The lowest BCUT2D eigenvalue weighted by Crippen LogP contribution is -2.55. The Morgan fingerprint density at radius 3 is 3.11 bits per heavy atom. The van der Waals surface area contributed by atoms with Gasteiger partial charge in [0.05, 0.1) is 10.9 Å². The van der Waals surface area contributed by atoms with Gasteiger partial charge in [-0.25, -0.2) is 0 Å². The largest absolute Gasteiger partial charge is 0.465 e. The average molecular weight is 303 g/mol. The molecule has 2 unspecified atom stereocenters. The fourth-order valence-electron chi connectivity index (χ4n) is 2.36. The molecule has 1 aromatic rings. The van der Waals surface area contributed by atoms with Crippen molar-refractivity contribution in [2.75, 3.05) is 26.2 Å². The number of halogens is 1. The number of hydrogen-bond donors (Lipinski definition) is 1. The number of hydrogen-bond acceptors (Lipinski definition) is 5. The Morgan fingerprint density at radius 2 is 2.47 bits per heavy atom. The van der Waals surface area contributed by atoms with Crippen LogP contribution in [0.25, 0.3) is 0 Å². The van der Waals surface area contributed by atoms with Crippen LogP contribution in [0.2, 0.25) is 4.34 Å². The topological polar surface area (TPSA) is 41.6 Å². The monoisotopic (exact) mass is 302 g/mol. The first kappa shape index (κ1) is 14.8. The third-order valence-corrected chi connectivity index (χ3v) is 4.75. The van der Waals surface area contributed by atoms with Crippen LogP contribution in [0.5, 0.6) is 0 Å². The molecule has 19 heavy (non-hydrogen) atoms. The Morgan fingerprint density at radius 1 is 1.68 bits per heavy atom. The molecular formula is C13H19ClN2O2S. The predicted octanol–water partition coefficient (Wildman–Crippen LogP) is 2.30. The summed E-state index contributed by atoms with van der Waals surface area (Å²) in [5, 5.41) is 3.25. The number of nitrogens with one attached hydrogen (secondary N) is 1. The van der Waals surface area contributed by atoms with E-state index in [1.807, 2.05) is 19.1 Å². The van der Waals surface area contributed by atoms with Gasteiger partial charge in [0.25, 0.3) is 0 Å². The average Bonchev–Trinajstić information content (AvgIpc) is 2.85. The zero-order chi connectivity index (χ0) is 13.8. The van der Waals surface area contributed by atoms with Crippen molar-refractivity contribution in [1.82, 2.24) is 10.2 Å². The number of esters is 1. The highest BCUT2D eigenvalue weighted by molar-refractivity contribution is 7.16. The highest BCUT2D eigenvalue weighted by Gasteiger charge is 2.33. The highest BCUT2D eigenvalue weighted by Crippen LogP contribution is 2.31. The minimum absolute atomic E-state index is 0.149. The van der Waals surface area contributed by atoms with Crippen molar-refractivity contribution in [3.8, 4) is 0 Å². The Bertz CT molecular complexity index is 438. The molecule has 0 saturated carbocycles. The molecule has 0 aromatic carbocycles. The minimum atomic E-state index is -0.218. The van der Waals surface area contributed by atoms with Crippen LogP contribution < -0.4 is 5.32 Å². The van der Waals surface area contributed by atoms with Crippen molar-refractivity contribution < 1.29 is 9.53 Å². The van der Waals surface area contributed by atoms with E-state index in [1.165, 1.54) is 4.88 Å². The Balaban J connectivity index is 2.12. The number of ether oxygens (including phenoxy) is 1. The first-order chi connectivity index (χ1) is 9.13. The van der Waals surface area contributed by atoms with Gasteiger partial charge in [0.1, 0.15) is 6.04 Å². The first-order valence-electron chi connectivity index (χ1n) is 6.51. The predicted molar refractivity (Wildman–Crippen MR) is 77.7 cm³/mol. The van der Waals surface area contributed by atoms with Crippen LogP contribution in [0.3, 0.4) is 0 Å². The molecule has 0 bridgehead atoms. The molecule has 0 radical (unpaired) electrons. The van der Waals surface area contributed by atoms with Crippen LogP contribution in [0, 0.1) is 0 Å². The molecule has 0 spiro atoms. The standard InChI is InChI=1S/C13H19ClN2O2S/c1-3-18-13(17)10-8-15-6-7-16(10)9(2)11-4-5-12(14)19-11/h4-5,9-10,15H,3,6-8H2,1-2H3. The third-order valence-electron chi connectivity index (χ3n) is 3.35. The molecule has 2 rings (SSSR count). The normalized spacial score (nSPS) is 22.2. The smallest absolute Gasteiger partial charge is 0.324 e. The summed E-state index contributed by atoms with van der Waals surface area (Å²) in [4.78, 5) is 15.4. The highest BCUT2D eigenvalue weighted by atomic mass is 35.5. The summed E-state index contributed by atoms with van der Waals surface area (Å²) in [5.74, 6) is -0.149. The van der Waals surface area contributed by atoms with E-state index in [1.54, 1.807) is 11.3 Å². The van der Waals surface area contributed by atoms with Gasteiger partial charge in [0.15, 0.2) is 0 Å². The van der Waals surface area contributed by atoms with Gasteiger partial charge in [-0.3, -0.25) is 9.69 Å². The van der Waals surface area contributed by atoms with E-state index in [0.29, 0.717) is 13.2 Å². The summed E-state index contributed by atoms with van der Waals surface area (Å²) in [7, 11) is 0. The van der Waals surface area contributed by atoms with E-state index in [9.17, 15) is 4.79 Å². The van der Waals surface area contributed by atoms with Gasteiger partial charge in [-0.2, -0.15) is 0 Å². The maximum absolute atomic E-state index is 12.0. The Hall–Kier alpha value is -0.620. The molecule has 2 heterocycles. The SMILES string of the molecule is CCOC(=O)C1CNCCN1C(C)c1ccc(Cl)s1. The molecule has 2 atom stereocenters. The molecular weight excluding hydrogens is 284 g/mol. The third kappa shape index (κ3) is 3.48. The number of thiophene rings is 1. The van der Waals surface area contributed by atoms with Gasteiger partial charge >= 0.3 is 5.97 Å². The molecule has 1 saturated heterocycles. The Labute approximate surface area is 122 Å². The number of rotatable bonds is 4. The van der Waals surface area contributed by atoms with Crippen LogP contribution in [0.1, 0.15) is 24.8 Å². The lowest BCUT2D eigenvalue weighted by Gasteiger charge is -2.38. The summed E-state index contributed by atoms with van der Waals surface area (Å²) in [6, 6.07) is 3.89. The fourth-order valence-corrected chi connectivity index (χ4v) is 3.49. The van der Waals surface area contributed by atoms with E-state index in [0.717, 1.165) is 17.4 Å². The molecule has 0 amide bonds. The zero-order valence-corrected chi connectivity index (χ0v) is 12.8. The molecule has 1 N–H and O–H groups in total. The quantitative estimate of drug-likeness (QED) is 0.867. The fraction of sp³-hybridized carbons (Fsp3) is 0.615. The molecule has 1 aromatic heterocycles. The second kappa shape index (κ2) is 6.70. The van der Waals surface area contributed by atoms with Crippen LogP contribution in [0.15, 0.2) is 12.1 Å². The van der Waals surface area contributed by atoms with Crippen LogP contribution >= 0.6 is 22.9 Å². The van der Waals surface area contributed by atoms with Gasteiger partial charge in [0, 0.05) is 30.6 Å². The van der Waals surface area contributed by atoms with Crippen LogP contribution in [-0.4, -0.2) is 43.2 Å². The maximum Gasteiger partial charge on any atom is 0.324 e. The second-order valence-electron chi connectivity index (χ2n) is 4.53. The first-order valence-corrected chi connectivity index (χ1v) is 7.71. The lowest BCUT2D eigenvalue weighted by molar-refractivity contribution is -0.151. The van der Waals surface area contributed by atoms with Gasteiger partial charge in [-0.05, 0) is 26.0 Å². The van der Waals surface area contributed by atoms with E-state index >= 15 is 0 Å². The van der Waals surface area contributed by atoms with Crippen molar-refractivity contribution in [2.45, 2.75) is 25.9 Å². The van der Waals surface area contributed by atoms with Gasteiger partial charge in [-0.1, -0.05) is 11.6 Å². The summed E-state index contributed by atoms with van der Waals surface area (Å²) in [6.45, 7) is 6.73. The minimum Gasteiger partial charge on any atom is -0.465 e. The second-order valence-corrected chi connectivity index (χ2v) is 6.27. The number of nitrogens with zero attached hydrogens (tertiary/aromatic N) is 1. The molecule has 106 valence electrons. The number of carbonyl (C=O) groups excluding carboxylic acids is 1. The van der Waals surface area contributed by atoms with Crippen LogP contribution in [-0.2, 0) is 9.53 Å². The van der Waals surface area contributed by atoms with Crippen molar-refractivity contribution in [3.05, 3.63) is 21.3 Å².